The maximum atomic E-state index is 12.1. The molecule has 0 aliphatic carbocycles. The van der Waals surface area contributed by atoms with E-state index in [4.69, 9.17) is 11.2 Å². The zero-order valence-electron chi connectivity index (χ0n) is 11.5. The van der Waals surface area contributed by atoms with Crippen LogP contribution in [0, 0.1) is 18.3 Å². The second-order valence-corrected chi connectivity index (χ2v) is 5.84. The number of ketones is 1. The highest BCUT2D eigenvalue weighted by Gasteiger charge is 2.36. The Hall–Kier alpha value is -1.50. The molecule has 0 aromatic heterocycles. The van der Waals surface area contributed by atoms with Gasteiger partial charge < -0.3 is 4.74 Å². The summed E-state index contributed by atoms with van der Waals surface area (Å²) < 4.78 is 5.32. The van der Waals surface area contributed by atoms with Crippen molar-refractivity contribution in [2.45, 2.75) is 52.2 Å². The van der Waals surface area contributed by atoms with Gasteiger partial charge in [-0.2, -0.15) is 0 Å². The van der Waals surface area contributed by atoms with Crippen LogP contribution in [0.3, 0.4) is 0 Å². The van der Waals surface area contributed by atoms with Crippen molar-refractivity contribution >= 4 is 11.9 Å². The molecule has 4 heteroatoms. The fourth-order valence-corrected chi connectivity index (χ4v) is 2.04. The SMILES string of the molecule is C#CC(=O)[C@H]1CC[C@H](C)CN1C(=O)OC(C)(C)C. The van der Waals surface area contributed by atoms with Gasteiger partial charge in [-0.1, -0.05) is 6.92 Å². The molecular weight excluding hydrogens is 230 g/mol. The van der Waals surface area contributed by atoms with Crippen LogP contribution in [0.1, 0.15) is 40.5 Å². The molecule has 1 saturated heterocycles. The Morgan fingerprint density at radius 2 is 1.94 bits per heavy atom. The molecular formula is C14H21NO3. The van der Waals surface area contributed by atoms with E-state index in [0.29, 0.717) is 18.9 Å². The first-order chi connectivity index (χ1) is 8.24. The van der Waals surface area contributed by atoms with Crippen molar-refractivity contribution in [3.05, 3.63) is 0 Å². The minimum atomic E-state index is -0.568. The summed E-state index contributed by atoms with van der Waals surface area (Å²) in [7, 11) is 0. The molecule has 0 saturated carbocycles. The van der Waals surface area contributed by atoms with E-state index in [0.717, 1.165) is 6.42 Å². The monoisotopic (exact) mass is 251 g/mol. The molecule has 1 aliphatic rings. The Morgan fingerprint density at radius 1 is 1.33 bits per heavy atom. The number of likely N-dealkylation sites (tertiary alicyclic amines) is 1. The number of carbonyl (C=O) groups excluding carboxylic acids is 2. The van der Waals surface area contributed by atoms with Crippen molar-refractivity contribution in [2.75, 3.05) is 6.54 Å². The first-order valence-corrected chi connectivity index (χ1v) is 6.24. The second-order valence-electron chi connectivity index (χ2n) is 5.84. The minimum Gasteiger partial charge on any atom is -0.444 e. The molecule has 0 N–H and O–H groups in total. The van der Waals surface area contributed by atoms with Gasteiger partial charge in [-0.3, -0.25) is 9.69 Å². The molecule has 1 fully saturated rings. The Kier molecular flexibility index (Phi) is 4.39. The number of hydrogen-bond donors (Lipinski definition) is 0. The summed E-state index contributed by atoms with van der Waals surface area (Å²) in [5.74, 6) is 2.13. The molecule has 1 aliphatic heterocycles. The largest absolute Gasteiger partial charge is 0.444 e. The number of terminal acetylenes is 1. The lowest BCUT2D eigenvalue weighted by atomic mass is 9.92. The van der Waals surface area contributed by atoms with Crippen molar-refractivity contribution in [2.24, 2.45) is 5.92 Å². The van der Waals surface area contributed by atoms with E-state index in [9.17, 15) is 9.59 Å². The third kappa shape index (κ3) is 3.76. The van der Waals surface area contributed by atoms with Gasteiger partial charge >= 0.3 is 6.09 Å². The number of Topliss-reactive ketones (excluding diaryl/α,β-unsaturated/α-hetero) is 1. The van der Waals surface area contributed by atoms with Crippen LogP contribution in [0.4, 0.5) is 4.79 Å². The molecule has 0 aromatic carbocycles. The van der Waals surface area contributed by atoms with E-state index in [1.54, 1.807) is 20.8 Å². The van der Waals surface area contributed by atoms with Gasteiger partial charge in [0.05, 0.1) is 0 Å². The average Bonchev–Trinajstić information content (AvgIpc) is 2.25. The van der Waals surface area contributed by atoms with Gasteiger partial charge in [-0.15, -0.1) is 6.42 Å². The van der Waals surface area contributed by atoms with E-state index in [-0.39, 0.29) is 5.78 Å². The Labute approximate surface area is 109 Å². The van der Waals surface area contributed by atoms with Crippen LogP contribution >= 0.6 is 0 Å². The van der Waals surface area contributed by atoms with Gasteiger partial charge in [-0.25, -0.2) is 4.79 Å². The molecule has 100 valence electrons. The van der Waals surface area contributed by atoms with E-state index >= 15 is 0 Å². The van der Waals surface area contributed by atoms with Crippen molar-refractivity contribution < 1.29 is 14.3 Å². The lowest BCUT2D eigenvalue weighted by Crippen LogP contribution is -2.51. The summed E-state index contributed by atoms with van der Waals surface area (Å²) in [5.41, 5.74) is -0.568. The fraction of sp³-hybridized carbons (Fsp3) is 0.714. The summed E-state index contributed by atoms with van der Waals surface area (Å²) in [6.07, 6.45) is 6.21. The second kappa shape index (κ2) is 5.43. The average molecular weight is 251 g/mol. The van der Waals surface area contributed by atoms with Gasteiger partial charge in [0, 0.05) is 6.54 Å². The van der Waals surface area contributed by atoms with Gasteiger partial charge in [0.15, 0.2) is 0 Å². The van der Waals surface area contributed by atoms with E-state index in [1.807, 2.05) is 6.92 Å². The van der Waals surface area contributed by atoms with Crippen molar-refractivity contribution in [3.63, 3.8) is 0 Å². The van der Waals surface area contributed by atoms with Crippen LogP contribution in [0.15, 0.2) is 0 Å². The van der Waals surface area contributed by atoms with Crippen molar-refractivity contribution in [1.82, 2.24) is 4.90 Å². The maximum absolute atomic E-state index is 12.1. The summed E-state index contributed by atoms with van der Waals surface area (Å²) in [6, 6.07) is -0.527. The lowest BCUT2D eigenvalue weighted by Gasteiger charge is -2.37. The summed E-state index contributed by atoms with van der Waals surface area (Å²) in [4.78, 5) is 25.2. The molecule has 18 heavy (non-hydrogen) atoms. The number of nitrogens with zero attached hydrogens (tertiary/aromatic N) is 1. The molecule has 0 unspecified atom stereocenters. The number of piperidine rings is 1. The van der Waals surface area contributed by atoms with Crippen molar-refractivity contribution in [1.29, 1.82) is 0 Å². The minimum absolute atomic E-state index is 0.340. The standard InChI is InChI=1S/C14H21NO3/c1-6-12(16)11-8-7-10(2)9-15(11)13(17)18-14(3,4)5/h1,10-11H,7-9H2,2-5H3/t10-,11+/m0/s1. The molecule has 0 radical (unpaired) electrons. The van der Waals surface area contributed by atoms with E-state index in [2.05, 4.69) is 5.92 Å². The van der Waals surface area contributed by atoms with Crippen LogP contribution in [0.5, 0.6) is 0 Å². The van der Waals surface area contributed by atoms with Crippen LogP contribution in [-0.4, -0.2) is 35.0 Å². The molecule has 0 spiro atoms. The number of carbonyl (C=O) groups is 2. The number of amides is 1. The first kappa shape index (κ1) is 14.6. The fourth-order valence-electron chi connectivity index (χ4n) is 2.04. The molecule has 2 atom stereocenters. The van der Waals surface area contributed by atoms with Gasteiger partial charge in [-0.05, 0) is 45.5 Å². The maximum Gasteiger partial charge on any atom is 0.410 e. The summed E-state index contributed by atoms with van der Waals surface area (Å²) in [6.45, 7) is 7.98. The normalized spacial score (nSPS) is 24.3. The lowest BCUT2D eigenvalue weighted by molar-refractivity contribution is -0.120. The van der Waals surface area contributed by atoms with E-state index < -0.39 is 17.7 Å². The number of rotatable bonds is 1. The van der Waals surface area contributed by atoms with Gasteiger partial charge in [0.1, 0.15) is 11.6 Å². The van der Waals surface area contributed by atoms with Crippen LogP contribution in [-0.2, 0) is 9.53 Å². The Bertz CT molecular complexity index is 375. The van der Waals surface area contributed by atoms with Crippen LogP contribution in [0.2, 0.25) is 0 Å². The summed E-state index contributed by atoms with van der Waals surface area (Å²) in [5, 5.41) is 0. The zero-order valence-corrected chi connectivity index (χ0v) is 11.5. The first-order valence-electron chi connectivity index (χ1n) is 6.24. The number of hydrogen-bond acceptors (Lipinski definition) is 3. The third-order valence-electron chi connectivity index (χ3n) is 2.89. The molecule has 1 heterocycles. The quantitative estimate of drug-likeness (QED) is 0.530. The molecule has 0 aromatic rings. The highest BCUT2D eigenvalue weighted by molar-refractivity contribution is 6.00. The smallest absolute Gasteiger partial charge is 0.410 e. The van der Waals surface area contributed by atoms with Gasteiger partial charge in [0.2, 0.25) is 5.78 Å². The Morgan fingerprint density at radius 3 is 2.44 bits per heavy atom. The highest BCUT2D eigenvalue weighted by Crippen LogP contribution is 2.24. The molecule has 0 bridgehead atoms. The number of ether oxygens (including phenoxy) is 1. The Balaban J connectivity index is 2.83. The predicted octanol–water partition coefficient (Wildman–Crippen LogP) is 2.22. The summed E-state index contributed by atoms with van der Waals surface area (Å²) >= 11 is 0. The van der Waals surface area contributed by atoms with Crippen LogP contribution < -0.4 is 0 Å². The third-order valence-corrected chi connectivity index (χ3v) is 2.89. The zero-order chi connectivity index (χ0) is 13.9. The van der Waals surface area contributed by atoms with Crippen LogP contribution in [0.25, 0.3) is 0 Å². The highest BCUT2D eigenvalue weighted by atomic mass is 16.6. The molecule has 1 amide bonds. The van der Waals surface area contributed by atoms with E-state index in [1.165, 1.54) is 4.90 Å². The molecule has 4 nitrogen and oxygen atoms in total. The predicted molar refractivity (Wildman–Crippen MR) is 69.0 cm³/mol. The topological polar surface area (TPSA) is 46.6 Å². The van der Waals surface area contributed by atoms with Gasteiger partial charge in [0.25, 0.3) is 0 Å². The van der Waals surface area contributed by atoms with Crippen molar-refractivity contribution in [3.8, 4) is 12.3 Å². The molecule has 1 rings (SSSR count).